The monoisotopic (exact) mass is 326 g/mol. The van der Waals surface area contributed by atoms with Crippen LogP contribution < -0.4 is 10.6 Å². The van der Waals surface area contributed by atoms with E-state index >= 15 is 0 Å². The molecule has 0 fully saturated rings. The summed E-state index contributed by atoms with van der Waals surface area (Å²) < 4.78 is 15.1. The number of anilines is 2. The molecular weight excluding hydrogens is 311 g/mol. The molecule has 0 radical (unpaired) electrons. The Balaban J connectivity index is 1.64. The van der Waals surface area contributed by atoms with Gasteiger partial charge in [0.2, 0.25) is 5.91 Å². The van der Waals surface area contributed by atoms with Crippen molar-refractivity contribution in [2.45, 2.75) is 6.92 Å². The molecule has 0 aliphatic carbocycles. The number of halogens is 1. The quantitative estimate of drug-likeness (QED) is 0.750. The van der Waals surface area contributed by atoms with E-state index in [2.05, 4.69) is 26.2 Å². The highest BCUT2D eigenvalue weighted by Crippen LogP contribution is 2.15. The normalized spacial score (nSPS) is 10.4. The molecule has 0 bridgehead atoms. The molecule has 3 aromatic rings. The number of hydrogen-bond acceptors (Lipinski definition) is 5. The number of para-hydroxylation sites is 1. The fourth-order valence-corrected chi connectivity index (χ4v) is 2.16. The second-order valence-corrected chi connectivity index (χ2v) is 5.07. The van der Waals surface area contributed by atoms with Gasteiger partial charge in [-0.25, -0.2) is 4.39 Å². The SMILES string of the molecule is Cc1nnnn1-c1cccc(NCC(=O)Nc2ccccc2F)c1. The van der Waals surface area contributed by atoms with Gasteiger partial charge in [0.25, 0.3) is 0 Å². The van der Waals surface area contributed by atoms with Crippen molar-refractivity contribution in [3.8, 4) is 5.69 Å². The van der Waals surface area contributed by atoms with Crippen LogP contribution in [0.4, 0.5) is 15.8 Å². The number of carbonyl (C=O) groups is 1. The van der Waals surface area contributed by atoms with Crippen molar-refractivity contribution in [1.82, 2.24) is 20.2 Å². The van der Waals surface area contributed by atoms with Crippen LogP contribution in [0.1, 0.15) is 5.82 Å². The summed E-state index contributed by atoms with van der Waals surface area (Å²) in [6.07, 6.45) is 0. The van der Waals surface area contributed by atoms with Gasteiger partial charge < -0.3 is 10.6 Å². The Hall–Kier alpha value is -3.29. The molecule has 0 unspecified atom stereocenters. The third kappa shape index (κ3) is 3.54. The zero-order chi connectivity index (χ0) is 16.9. The number of rotatable bonds is 5. The maximum Gasteiger partial charge on any atom is 0.243 e. The highest BCUT2D eigenvalue weighted by Gasteiger charge is 2.07. The van der Waals surface area contributed by atoms with Gasteiger partial charge in [0, 0.05) is 5.69 Å². The number of benzene rings is 2. The number of carbonyl (C=O) groups excluding carboxylic acids is 1. The lowest BCUT2D eigenvalue weighted by Gasteiger charge is -2.10. The van der Waals surface area contributed by atoms with Crippen LogP contribution in [-0.4, -0.2) is 32.7 Å². The van der Waals surface area contributed by atoms with Gasteiger partial charge in [-0.05, 0) is 47.7 Å². The van der Waals surface area contributed by atoms with E-state index in [0.717, 1.165) is 11.4 Å². The highest BCUT2D eigenvalue weighted by molar-refractivity contribution is 5.93. The first kappa shape index (κ1) is 15.6. The Morgan fingerprint density at radius 2 is 2.04 bits per heavy atom. The Kier molecular flexibility index (Phi) is 4.46. The number of nitrogens with zero attached hydrogens (tertiary/aromatic N) is 4. The molecule has 0 atom stereocenters. The number of amides is 1. The molecular formula is C16H15FN6O. The molecule has 0 aliphatic rings. The van der Waals surface area contributed by atoms with Gasteiger partial charge in [0.05, 0.1) is 17.9 Å². The summed E-state index contributed by atoms with van der Waals surface area (Å²) in [6, 6.07) is 13.3. The van der Waals surface area contributed by atoms with Gasteiger partial charge in [0.15, 0.2) is 5.82 Å². The molecule has 2 aromatic carbocycles. The highest BCUT2D eigenvalue weighted by atomic mass is 19.1. The summed E-state index contributed by atoms with van der Waals surface area (Å²) in [6.45, 7) is 1.80. The van der Waals surface area contributed by atoms with Gasteiger partial charge in [0.1, 0.15) is 5.82 Å². The van der Waals surface area contributed by atoms with Crippen LogP contribution in [0.5, 0.6) is 0 Å². The summed E-state index contributed by atoms with van der Waals surface area (Å²) in [4.78, 5) is 11.9. The van der Waals surface area contributed by atoms with E-state index in [1.165, 1.54) is 12.1 Å². The lowest BCUT2D eigenvalue weighted by Crippen LogP contribution is -2.22. The number of aryl methyl sites for hydroxylation is 1. The van der Waals surface area contributed by atoms with E-state index in [1.54, 1.807) is 23.7 Å². The first-order valence-electron chi connectivity index (χ1n) is 7.27. The van der Waals surface area contributed by atoms with Crippen molar-refractivity contribution in [2.24, 2.45) is 0 Å². The van der Waals surface area contributed by atoms with Crippen molar-refractivity contribution >= 4 is 17.3 Å². The average Bonchev–Trinajstić information content (AvgIpc) is 3.01. The van der Waals surface area contributed by atoms with E-state index in [1.807, 2.05) is 24.3 Å². The van der Waals surface area contributed by atoms with Crippen molar-refractivity contribution in [1.29, 1.82) is 0 Å². The van der Waals surface area contributed by atoms with E-state index < -0.39 is 5.82 Å². The Labute approximate surface area is 137 Å². The maximum absolute atomic E-state index is 13.5. The molecule has 1 amide bonds. The number of nitrogens with one attached hydrogen (secondary N) is 2. The summed E-state index contributed by atoms with van der Waals surface area (Å²) in [5.74, 6) is -0.157. The second kappa shape index (κ2) is 6.86. The molecule has 24 heavy (non-hydrogen) atoms. The molecule has 0 aliphatic heterocycles. The Bertz CT molecular complexity index is 863. The fourth-order valence-electron chi connectivity index (χ4n) is 2.16. The molecule has 0 saturated carbocycles. The number of tetrazole rings is 1. The van der Waals surface area contributed by atoms with E-state index in [-0.39, 0.29) is 18.1 Å². The minimum absolute atomic E-state index is 0.00633. The molecule has 2 N–H and O–H groups in total. The molecule has 7 nitrogen and oxygen atoms in total. The standard InChI is InChI=1S/C16H15FN6O/c1-11-20-21-22-23(11)13-6-4-5-12(9-13)18-10-16(24)19-15-8-3-2-7-14(15)17/h2-9,18H,10H2,1H3,(H,19,24). The van der Waals surface area contributed by atoms with Crippen molar-refractivity contribution in [3.63, 3.8) is 0 Å². The molecule has 3 rings (SSSR count). The molecule has 0 spiro atoms. The fraction of sp³-hybridized carbons (Fsp3) is 0.125. The van der Waals surface area contributed by atoms with Crippen LogP contribution in [0.15, 0.2) is 48.5 Å². The largest absolute Gasteiger partial charge is 0.376 e. The third-order valence-electron chi connectivity index (χ3n) is 3.32. The molecule has 0 saturated heterocycles. The second-order valence-electron chi connectivity index (χ2n) is 5.07. The maximum atomic E-state index is 13.5. The number of hydrogen-bond donors (Lipinski definition) is 2. The van der Waals surface area contributed by atoms with Crippen molar-refractivity contribution in [3.05, 3.63) is 60.2 Å². The topological polar surface area (TPSA) is 84.7 Å². The summed E-state index contributed by atoms with van der Waals surface area (Å²) in [7, 11) is 0. The van der Waals surface area contributed by atoms with Crippen LogP contribution in [0.25, 0.3) is 5.69 Å². The van der Waals surface area contributed by atoms with Gasteiger partial charge in [-0.3, -0.25) is 4.79 Å². The van der Waals surface area contributed by atoms with Crippen LogP contribution >= 0.6 is 0 Å². The molecule has 8 heteroatoms. The van der Waals surface area contributed by atoms with Gasteiger partial charge in [-0.15, -0.1) is 5.10 Å². The molecule has 1 aromatic heterocycles. The zero-order valence-electron chi connectivity index (χ0n) is 12.9. The summed E-state index contributed by atoms with van der Waals surface area (Å²) in [5.41, 5.74) is 1.66. The van der Waals surface area contributed by atoms with Crippen molar-refractivity contribution in [2.75, 3.05) is 17.2 Å². The van der Waals surface area contributed by atoms with Gasteiger partial charge in [-0.1, -0.05) is 18.2 Å². The molecule has 122 valence electrons. The smallest absolute Gasteiger partial charge is 0.243 e. The van der Waals surface area contributed by atoms with Crippen LogP contribution in [0.2, 0.25) is 0 Å². The van der Waals surface area contributed by atoms with E-state index in [4.69, 9.17) is 0 Å². The zero-order valence-corrected chi connectivity index (χ0v) is 12.9. The van der Waals surface area contributed by atoms with Crippen LogP contribution in [-0.2, 0) is 4.79 Å². The third-order valence-corrected chi connectivity index (χ3v) is 3.32. The Morgan fingerprint density at radius 1 is 1.21 bits per heavy atom. The summed E-state index contributed by atoms with van der Waals surface area (Å²) in [5, 5.41) is 16.8. The lowest BCUT2D eigenvalue weighted by molar-refractivity contribution is -0.114. The molecule has 1 heterocycles. The predicted molar refractivity (Wildman–Crippen MR) is 87.4 cm³/mol. The van der Waals surface area contributed by atoms with Crippen LogP contribution in [0.3, 0.4) is 0 Å². The van der Waals surface area contributed by atoms with Gasteiger partial charge in [-0.2, -0.15) is 4.68 Å². The van der Waals surface area contributed by atoms with E-state index in [9.17, 15) is 9.18 Å². The Morgan fingerprint density at radius 3 is 2.79 bits per heavy atom. The lowest BCUT2D eigenvalue weighted by atomic mass is 10.2. The first-order chi connectivity index (χ1) is 11.6. The van der Waals surface area contributed by atoms with Crippen molar-refractivity contribution < 1.29 is 9.18 Å². The van der Waals surface area contributed by atoms with Gasteiger partial charge >= 0.3 is 0 Å². The minimum atomic E-state index is -0.470. The average molecular weight is 326 g/mol. The number of aromatic nitrogens is 4. The van der Waals surface area contributed by atoms with Crippen LogP contribution in [0, 0.1) is 12.7 Å². The summed E-state index contributed by atoms with van der Waals surface area (Å²) >= 11 is 0. The minimum Gasteiger partial charge on any atom is -0.376 e. The first-order valence-corrected chi connectivity index (χ1v) is 7.27. The van der Waals surface area contributed by atoms with E-state index in [0.29, 0.717) is 5.82 Å². The predicted octanol–water partition coefficient (Wildman–Crippen LogP) is 2.16.